The maximum absolute atomic E-state index is 12.0. The summed E-state index contributed by atoms with van der Waals surface area (Å²) < 4.78 is 1.96. The number of nitrogens with two attached hydrogens (primary N) is 1. The molecule has 5 N–H and O–H groups in total. The standard InChI is InChI=1S/C16H22N4O2.C2H4O2/c17-13-8-12(9-15(13)21)16(22)18-6-3-7-20-14-5-2-1-4-11(14)10-19-20;1-2(3)4/h1-2,4-5,10,12-13,15,21H,3,6-9,17H2,(H,18,22);1H3,(H,3,4)/t12-,13-,15-;/m0./s1. The van der Waals surface area contributed by atoms with Crippen molar-refractivity contribution in [2.75, 3.05) is 6.54 Å². The first-order chi connectivity index (χ1) is 12.4. The van der Waals surface area contributed by atoms with E-state index in [1.54, 1.807) is 0 Å². The average Bonchev–Trinajstić information content (AvgIpc) is 3.15. The number of nitrogens with one attached hydrogen (secondary N) is 1. The summed E-state index contributed by atoms with van der Waals surface area (Å²) in [6.45, 7) is 2.45. The smallest absolute Gasteiger partial charge is 0.300 e. The van der Waals surface area contributed by atoms with Crippen LogP contribution in [0.25, 0.3) is 10.9 Å². The van der Waals surface area contributed by atoms with Crippen LogP contribution in [0.3, 0.4) is 0 Å². The number of amides is 1. The van der Waals surface area contributed by atoms with E-state index in [1.807, 2.05) is 35.1 Å². The number of hydrogen-bond acceptors (Lipinski definition) is 5. The molecule has 1 aromatic heterocycles. The van der Waals surface area contributed by atoms with Crippen LogP contribution < -0.4 is 11.1 Å². The summed E-state index contributed by atoms with van der Waals surface area (Å²) >= 11 is 0. The molecule has 0 aliphatic heterocycles. The molecule has 1 aromatic carbocycles. The summed E-state index contributed by atoms with van der Waals surface area (Å²) in [5.41, 5.74) is 6.85. The van der Waals surface area contributed by atoms with Crippen molar-refractivity contribution in [3.8, 4) is 0 Å². The lowest BCUT2D eigenvalue weighted by Gasteiger charge is -2.10. The highest BCUT2D eigenvalue weighted by atomic mass is 16.4. The molecule has 0 radical (unpaired) electrons. The van der Waals surface area contributed by atoms with Gasteiger partial charge in [0.25, 0.3) is 5.97 Å². The van der Waals surface area contributed by atoms with Gasteiger partial charge in [-0.2, -0.15) is 5.10 Å². The number of aliphatic hydroxyl groups excluding tert-OH is 1. The largest absolute Gasteiger partial charge is 0.481 e. The topological polar surface area (TPSA) is 130 Å². The van der Waals surface area contributed by atoms with Crippen molar-refractivity contribution in [2.45, 2.75) is 44.9 Å². The zero-order valence-corrected chi connectivity index (χ0v) is 14.8. The Morgan fingerprint density at radius 1 is 1.35 bits per heavy atom. The van der Waals surface area contributed by atoms with Gasteiger partial charge >= 0.3 is 0 Å². The van der Waals surface area contributed by atoms with E-state index in [-0.39, 0.29) is 17.9 Å². The molecule has 1 amide bonds. The zero-order valence-electron chi connectivity index (χ0n) is 14.8. The minimum Gasteiger partial charge on any atom is -0.481 e. The van der Waals surface area contributed by atoms with Crippen LogP contribution in [0.15, 0.2) is 30.5 Å². The fraction of sp³-hybridized carbons (Fsp3) is 0.500. The minimum absolute atomic E-state index is 0.00248. The molecular weight excluding hydrogens is 336 g/mol. The van der Waals surface area contributed by atoms with Crippen LogP contribution >= 0.6 is 0 Å². The van der Waals surface area contributed by atoms with E-state index in [0.717, 1.165) is 30.8 Å². The highest BCUT2D eigenvalue weighted by molar-refractivity contribution is 5.79. The second-order valence-corrected chi connectivity index (χ2v) is 6.49. The lowest BCUT2D eigenvalue weighted by molar-refractivity contribution is -0.134. The molecule has 0 unspecified atom stereocenters. The third kappa shape index (κ3) is 5.53. The number of carboxylic acids is 1. The molecular formula is C18H26N4O4. The molecule has 142 valence electrons. The van der Waals surface area contributed by atoms with Gasteiger partial charge in [0.2, 0.25) is 5.91 Å². The van der Waals surface area contributed by atoms with E-state index in [2.05, 4.69) is 10.4 Å². The average molecular weight is 362 g/mol. The van der Waals surface area contributed by atoms with Crippen molar-refractivity contribution >= 4 is 22.8 Å². The monoisotopic (exact) mass is 362 g/mol. The molecule has 0 saturated heterocycles. The van der Waals surface area contributed by atoms with Crippen molar-refractivity contribution in [1.82, 2.24) is 15.1 Å². The number of carboxylic acid groups (broad SMARTS) is 1. The van der Waals surface area contributed by atoms with E-state index in [9.17, 15) is 9.90 Å². The number of aliphatic carboxylic acids is 1. The van der Waals surface area contributed by atoms with Gasteiger partial charge in [-0.3, -0.25) is 14.3 Å². The Bertz CT molecular complexity index is 732. The quantitative estimate of drug-likeness (QED) is 0.580. The summed E-state index contributed by atoms with van der Waals surface area (Å²) in [5.74, 6) is -0.993. The highest BCUT2D eigenvalue weighted by Crippen LogP contribution is 2.24. The fourth-order valence-electron chi connectivity index (χ4n) is 3.05. The van der Waals surface area contributed by atoms with E-state index in [4.69, 9.17) is 15.6 Å². The Kier molecular flexibility index (Phi) is 7.11. The van der Waals surface area contributed by atoms with Gasteiger partial charge in [-0.15, -0.1) is 0 Å². The number of benzene rings is 1. The van der Waals surface area contributed by atoms with Crippen molar-refractivity contribution < 1.29 is 19.8 Å². The second-order valence-electron chi connectivity index (χ2n) is 6.49. The molecule has 3 rings (SSSR count). The number of aromatic nitrogens is 2. The Morgan fingerprint density at radius 2 is 2.04 bits per heavy atom. The van der Waals surface area contributed by atoms with Gasteiger partial charge in [0.05, 0.1) is 17.8 Å². The first-order valence-corrected chi connectivity index (χ1v) is 8.70. The first kappa shape index (κ1) is 19.9. The van der Waals surface area contributed by atoms with E-state index >= 15 is 0 Å². The van der Waals surface area contributed by atoms with Crippen LogP contribution in [0, 0.1) is 5.92 Å². The normalized spacial score (nSPS) is 21.9. The van der Waals surface area contributed by atoms with E-state index in [1.165, 1.54) is 0 Å². The first-order valence-electron chi connectivity index (χ1n) is 8.70. The number of carbonyl (C=O) groups excluding carboxylic acids is 1. The number of aryl methyl sites for hydroxylation is 1. The van der Waals surface area contributed by atoms with Gasteiger partial charge < -0.3 is 21.3 Å². The lowest BCUT2D eigenvalue weighted by atomic mass is 10.1. The zero-order chi connectivity index (χ0) is 19.1. The number of rotatable bonds is 5. The summed E-state index contributed by atoms with van der Waals surface area (Å²) in [4.78, 5) is 21.0. The Hall–Kier alpha value is -2.45. The third-order valence-electron chi connectivity index (χ3n) is 4.34. The molecule has 1 aliphatic carbocycles. The SMILES string of the molecule is CC(=O)O.N[C@H]1C[C@H](C(=O)NCCCn2ncc3ccccc32)C[C@@H]1O. The minimum atomic E-state index is -0.833. The molecule has 1 fully saturated rings. The van der Waals surface area contributed by atoms with Crippen LogP contribution in [0.2, 0.25) is 0 Å². The predicted molar refractivity (Wildman–Crippen MR) is 97.4 cm³/mol. The third-order valence-corrected chi connectivity index (χ3v) is 4.34. The molecule has 3 atom stereocenters. The number of fused-ring (bicyclic) bond motifs is 1. The van der Waals surface area contributed by atoms with Gasteiger partial charge in [-0.05, 0) is 25.3 Å². The van der Waals surface area contributed by atoms with Gasteiger partial charge in [-0.25, -0.2) is 0 Å². The van der Waals surface area contributed by atoms with Crippen molar-refractivity contribution in [3.05, 3.63) is 30.5 Å². The van der Waals surface area contributed by atoms with E-state index < -0.39 is 12.1 Å². The maximum atomic E-state index is 12.0. The second kappa shape index (κ2) is 9.30. The van der Waals surface area contributed by atoms with Crippen LogP contribution in [-0.4, -0.2) is 50.6 Å². The Balaban J connectivity index is 0.000000552. The maximum Gasteiger partial charge on any atom is 0.300 e. The molecule has 2 aromatic rings. The number of hydrogen-bond donors (Lipinski definition) is 4. The molecule has 1 aliphatic rings. The number of aliphatic hydroxyl groups is 1. The highest BCUT2D eigenvalue weighted by Gasteiger charge is 2.34. The number of nitrogens with zero attached hydrogens (tertiary/aromatic N) is 2. The van der Waals surface area contributed by atoms with Crippen molar-refractivity contribution in [2.24, 2.45) is 11.7 Å². The van der Waals surface area contributed by atoms with Gasteiger partial charge in [0.15, 0.2) is 0 Å². The van der Waals surface area contributed by atoms with Gasteiger partial charge in [-0.1, -0.05) is 18.2 Å². The lowest BCUT2D eigenvalue weighted by Crippen LogP contribution is -2.31. The van der Waals surface area contributed by atoms with E-state index in [0.29, 0.717) is 19.4 Å². The summed E-state index contributed by atoms with van der Waals surface area (Å²) in [7, 11) is 0. The van der Waals surface area contributed by atoms with Crippen LogP contribution in [-0.2, 0) is 16.1 Å². The molecule has 8 heteroatoms. The number of para-hydroxylation sites is 1. The van der Waals surface area contributed by atoms with Crippen LogP contribution in [0.1, 0.15) is 26.2 Å². The summed E-state index contributed by atoms with van der Waals surface area (Å²) in [6.07, 6.45) is 3.16. The molecule has 8 nitrogen and oxygen atoms in total. The van der Waals surface area contributed by atoms with Gasteiger partial charge in [0, 0.05) is 37.4 Å². The summed E-state index contributed by atoms with van der Waals surface area (Å²) in [6, 6.07) is 7.80. The number of carbonyl (C=O) groups is 2. The van der Waals surface area contributed by atoms with Crippen LogP contribution in [0.4, 0.5) is 0 Å². The Labute approximate surface area is 152 Å². The van der Waals surface area contributed by atoms with Gasteiger partial charge in [0.1, 0.15) is 0 Å². The van der Waals surface area contributed by atoms with Crippen LogP contribution in [0.5, 0.6) is 0 Å². The predicted octanol–water partition coefficient (Wildman–Crippen LogP) is 0.732. The molecule has 1 heterocycles. The summed E-state index contributed by atoms with van der Waals surface area (Å²) in [5, 5.41) is 25.4. The fourth-order valence-corrected chi connectivity index (χ4v) is 3.05. The molecule has 0 spiro atoms. The van der Waals surface area contributed by atoms with Crippen molar-refractivity contribution in [3.63, 3.8) is 0 Å². The molecule has 0 bridgehead atoms. The molecule has 26 heavy (non-hydrogen) atoms. The van der Waals surface area contributed by atoms with Crippen molar-refractivity contribution in [1.29, 1.82) is 0 Å². The molecule has 1 saturated carbocycles. The Morgan fingerprint density at radius 3 is 2.69 bits per heavy atom.